The quantitative estimate of drug-likeness (QED) is 0.755. The Kier molecular flexibility index (Phi) is 2.50. The van der Waals surface area contributed by atoms with Gasteiger partial charge in [-0.15, -0.1) is 0 Å². The first-order valence-electron chi connectivity index (χ1n) is 4.72. The summed E-state index contributed by atoms with van der Waals surface area (Å²) in [7, 11) is 0. The third-order valence-electron chi connectivity index (χ3n) is 2.51. The van der Waals surface area contributed by atoms with Crippen molar-refractivity contribution < 1.29 is 9.90 Å². The summed E-state index contributed by atoms with van der Waals surface area (Å²) in [6, 6.07) is 10.1. The second-order valence-corrected chi connectivity index (χ2v) is 3.40. The van der Waals surface area contributed by atoms with Gasteiger partial charge in [0.1, 0.15) is 0 Å². The minimum absolute atomic E-state index is 0.0321. The third kappa shape index (κ3) is 1.51. The zero-order valence-corrected chi connectivity index (χ0v) is 7.81. The maximum Gasteiger partial charge on any atom is 0.227 e. The molecule has 1 fully saturated rings. The lowest BCUT2D eigenvalue weighted by Crippen LogP contribution is -2.35. The lowest BCUT2D eigenvalue weighted by atomic mass is 10.2. The van der Waals surface area contributed by atoms with Gasteiger partial charge in [-0.2, -0.15) is 0 Å². The van der Waals surface area contributed by atoms with Crippen molar-refractivity contribution in [3.05, 3.63) is 30.3 Å². The van der Waals surface area contributed by atoms with Gasteiger partial charge in [-0.05, 0) is 24.6 Å². The summed E-state index contributed by atoms with van der Waals surface area (Å²) in [5, 5.41) is 9.11. The van der Waals surface area contributed by atoms with E-state index in [-0.39, 0.29) is 18.6 Å². The van der Waals surface area contributed by atoms with Gasteiger partial charge in [0.05, 0.1) is 12.6 Å². The van der Waals surface area contributed by atoms with Crippen LogP contribution >= 0.6 is 0 Å². The zero-order chi connectivity index (χ0) is 9.97. The monoisotopic (exact) mass is 190 g/mol. The summed E-state index contributed by atoms with van der Waals surface area (Å²) < 4.78 is 0. The molecular weight excluding hydrogens is 178 g/mol. The highest BCUT2D eigenvalue weighted by Crippen LogP contribution is 2.25. The molecule has 1 aliphatic heterocycles. The van der Waals surface area contributed by atoms with Crippen LogP contribution in [0, 0.1) is 6.07 Å². The summed E-state index contributed by atoms with van der Waals surface area (Å²) in [4.78, 5) is 13.2. The maximum atomic E-state index is 11.5. The Hall–Kier alpha value is -1.35. The fraction of sp³-hybridized carbons (Fsp3) is 0.364. The van der Waals surface area contributed by atoms with Crippen molar-refractivity contribution in [2.24, 2.45) is 0 Å². The van der Waals surface area contributed by atoms with Crippen molar-refractivity contribution in [1.29, 1.82) is 0 Å². The topological polar surface area (TPSA) is 40.5 Å². The van der Waals surface area contributed by atoms with Crippen LogP contribution in [0.2, 0.25) is 0 Å². The molecule has 1 unspecified atom stereocenters. The Labute approximate surface area is 83.0 Å². The zero-order valence-electron chi connectivity index (χ0n) is 7.81. The standard InChI is InChI=1S/C11H12NO2/c13-8-10-6-7-11(14)12(10)9-4-2-1-3-5-9/h2-5,10,13H,6-8H2. The summed E-state index contributed by atoms with van der Waals surface area (Å²) in [6.45, 7) is 0.0321. The molecule has 1 aromatic rings. The number of nitrogens with zero attached hydrogens (tertiary/aromatic N) is 1. The van der Waals surface area contributed by atoms with Gasteiger partial charge in [-0.1, -0.05) is 12.1 Å². The van der Waals surface area contributed by atoms with E-state index in [0.29, 0.717) is 6.42 Å². The van der Waals surface area contributed by atoms with E-state index in [1.807, 2.05) is 12.1 Å². The largest absolute Gasteiger partial charge is 0.394 e. The molecule has 2 rings (SSSR count). The molecule has 73 valence electrons. The van der Waals surface area contributed by atoms with E-state index in [1.165, 1.54) is 0 Å². The number of rotatable bonds is 2. The van der Waals surface area contributed by atoms with E-state index in [1.54, 1.807) is 17.0 Å². The van der Waals surface area contributed by atoms with Crippen LogP contribution in [0.4, 0.5) is 5.69 Å². The smallest absolute Gasteiger partial charge is 0.227 e. The number of benzene rings is 1. The number of hydrogen-bond donors (Lipinski definition) is 1. The minimum atomic E-state index is -0.0510. The average molecular weight is 190 g/mol. The van der Waals surface area contributed by atoms with Gasteiger partial charge < -0.3 is 10.0 Å². The number of carbonyl (C=O) groups is 1. The highest BCUT2D eigenvalue weighted by Gasteiger charge is 2.31. The molecule has 3 nitrogen and oxygen atoms in total. The first-order chi connectivity index (χ1) is 6.83. The summed E-state index contributed by atoms with van der Waals surface area (Å²) in [5.41, 5.74) is 0.852. The van der Waals surface area contributed by atoms with Crippen LogP contribution in [0.25, 0.3) is 0 Å². The predicted molar refractivity (Wildman–Crippen MR) is 52.9 cm³/mol. The normalized spacial score (nSPS) is 21.6. The summed E-state index contributed by atoms with van der Waals surface area (Å²) in [5.74, 6) is 0.0928. The van der Waals surface area contributed by atoms with Crippen molar-refractivity contribution >= 4 is 11.6 Å². The Balaban J connectivity index is 2.28. The van der Waals surface area contributed by atoms with Crippen LogP contribution in [0.3, 0.4) is 0 Å². The van der Waals surface area contributed by atoms with Crippen molar-refractivity contribution in [3.8, 4) is 0 Å². The second-order valence-electron chi connectivity index (χ2n) is 3.40. The van der Waals surface area contributed by atoms with Crippen molar-refractivity contribution in [2.45, 2.75) is 18.9 Å². The first kappa shape index (κ1) is 9.21. The van der Waals surface area contributed by atoms with Gasteiger partial charge in [-0.3, -0.25) is 4.79 Å². The number of carbonyl (C=O) groups excluding carboxylic acids is 1. The van der Waals surface area contributed by atoms with Gasteiger partial charge in [0.15, 0.2) is 0 Å². The molecule has 0 bridgehead atoms. The molecule has 14 heavy (non-hydrogen) atoms. The lowest BCUT2D eigenvalue weighted by molar-refractivity contribution is -0.117. The highest BCUT2D eigenvalue weighted by atomic mass is 16.3. The van der Waals surface area contributed by atoms with E-state index >= 15 is 0 Å². The minimum Gasteiger partial charge on any atom is -0.394 e. The van der Waals surface area contributed by atoms with Crippen molar-refractivity contribution in [1.82, 2.24) is 0 Å². The molecule has 1 heterocycles. The summed E-state index contributed by atoms with van der Waals surface area (Å²) in [6.07, 6.45) is 1.28. The number of hydrogen-bond acceptors (Lipinski definition) is 2. The number of anilines is 1. The molecule has 1 amide bonds. The summed E-state index contributed by atoms with van der Waals surface area (Å²) >= 11 is 0. The molecule has 1 N–H and O–H groups in total. The van der Waals surface area contributed by atoms with E-state index in [0.717, 1.165) is 12.1 Å². The SMILES string of the molecule is O=C1CCC(CO)N1c1cc[c]cc1. The van der Waals surface area contributed by atoms with Crippen LogP contribution in [0.1, 0.15) is 12.8 Å². The lowest BCUT2D eigenvalue weighted by Gasteiger charge is -2.22. The molecule has 1 radical (unpaired) electrons. The van der Waals surface area contributed by atoms with Gasteiger partial charge in [0.25, 0.3) is 0 Å². The molecule has 0 spiro atoms. The number of aliphatic hydroxyl groups is 1. The molecule has 0 aromatic heterocycles. The Morgan fingerprint density at radius 1 is 1.50 bits per heavy atom. The molecule has 1 aliphatic rings. The van der Waals surface area contributed by atoms with E-state index < -0.39 is 0 Å². The molecule has 0 aliphatic carbocycles. The van der Waals surface area contributed by atoms with Crippen LogP contribution in [0.5, 0.6) is 0 Å². The third-order valence-corrected chi connectivity index (χ3v) is 2.51. The van der Waals surface area contributed by atoms with Crippen LogP contribution < -0.4 is 4.90 Å². The molecule has 1 saturated heterocycles. The maximum absolute atomic E-state index is 11.5. The molecule has 0 saturated carbocycles. The van der Waals surface area contributed by atoms with E-state index in [9.17, 15) is 4.79 Å². The van der Waals surface area contributed by atoms with E-state index in [2.05, 4.69) is 6.07 Å². The van der Waals surface area contributed by atoms with Crippen molar-refractivity contribution in [3.63, 3.8) is 0 Å². The second kappa shape index (κ2) is 3.80. The van der Waals surface area contributed by atoms with Crippen LogP contribution in [0.15, 0.2) is 24.3 Å². The van der Waals surface area contributed by atoms with Crippen molar-refractivity contribution in [2.75, 3.05) is 11.5 Å². The average Bonchev–Trinajstić information content (AvgIpc) is 2.61. The first-order valence-corrected chi connectivity index (χ1v) is 4.72. The molecule has 3 heteroatoms. The Bertz CT molecular complexity index is 323. The predicted octanol–water partition coefficient (Wildman–Crippen LogP) is 0.974. The van der Waals surface area contributed by atoms with Gasteiger partial charge in [-0.25, -0.2) is 0 Å². The van der Waals surface area contributed by atoms with Crippen LogP contribution in [-0.4, -0.2) is 23.7 Å². The number of amides is 1. The van der Waals surface area contributed by atoms with Gasteiger partial charge >= 0.3 is 0 Å². The molecule has 1 aromatic carbocycles. The fourth-order valence-electron chi connectivity index (χ4n) is 1.81. The fourth-order valence-corrected chi connectivity index (χ4v) is 1.81. The van der Waals surface area contributed by atoms with Crippen LogP contribution in [-0.2, 0) is 4.79 Å². The molecular formula is C11H12NO2. The number of aliphatic hydroxyl groups excluding tert-OH is 1. The van der Waals surface area contributed by atoms with Gasteiger partial charge in [0.2, 0.25) is 5.91 Å². The van der Waals surface area contributed by atoms with Gasteiger partial charge in [0, 0.05) is 12.1 Å². The van der Waals surface area contributed by atoms with E-state index in [4.69, 9.17) is 5.11 Å². The Morgan fingerprint density at radius 2 is 2.21 bits per heavy atom. The highest BCUT2D eigenvalue weighted by molar-refractivity contribution is 5.96. The Morgan fingerprint density at radius 3 is 2.86 bits per heavy atom. The molecule has 1 atom stereocenters.